The zero-order valence-electron chi connectivity index (χ0n) is 14.6. The minimum Gasteiger partial charge on any atom is -0.454 e. The number of benzene rings is 2. The molecule has 1 amide bonds. The third kappa shape index (κ3) is 3.30. The number of hydrogen-bond donors (Lipinski definition) is 0. The van der Waals surface area contributed by atoms with Gasteiger partial charge in [0.2, 0.25) is 16.8 Å². The van der Waals surface area contributed by atoms with Crippen LogP contribution in [0.2, 0.25) is 10.0 Å². The Bertz CT molecular complexity index is 1040. The lowest BCUT2D eigenvalue weighted by molar-refractivity contribution is 0.0693. The van der Waals surface area contributed by atoms with Gasteiger partial charge in [0.05, 0.1) is 15.6 Å². The number of ether oxygens (including phenoxy) is 2. The summed E-state index contributed by atoms with van der Waals surface area (Å²) in [7, 11) is -3.80. The van der Waals surface area contributed by atoms with Crippen molar-refractivity contribution in [2.24, 2.45) is 0 Å². The lowest BCUT2D eigenvalue weighted by atomic mass is 10.1. The van der Waals surface area contributed by atoms with Crippen LogP contribution in [0, 0.1) is 0 Å². The molecule has 7 nitrogen and oxygen atoms in total. The molecule has 10 heteroatoms. The summed E-state index contributed by atoms with van der Waals surface area (Å²) in [4.78, 5) is 14.4. The van der Waals surface area contributed by atoms with Gasteiger partial charge in [-0.1, -0.05) is 35.3 Å². The second kappa shape index (κ2) is 7.44. The van der Waals surface area contributed by atoms with Gasteiger partial charge in [-0.2, -0.15) is 4.31 Å². The predicted octanol–water partition coefficient (Wildman–Crippen LogP) is 2.87. The van der Waals surface area contributed by atoms with Crippen molar-refractivity contribution in [1.82, 2.24) is 9.21 Å². The smallest absolute Gasteiger partial charge is 0.257 e. The molecule has 0 radical (unpaired) electrons. The van der Waals surface area contributed by atoms with Crippen LogP contribution in [0.1, 0.15) is 10.4 Å². The first kappa shape index (κ1) is 19.3. The number of piperazine rings is 1. The number of fused-ring (bicyclic) bond motifs is 1. The Morgan fingerprint density at radius 2 is 1.68 bits per heavy atom. The molecule has 148 valence electrons. The van der Waals surface area contributed by atoms with Crippen LogP contribution in [0.5, 0.6) is 11.5 Å². The van der Waals surface area contributed by atoms with Gasteiger partial charge in [-0.25, -0.2) is 8.42 Å². The van der Waals surface area contributed by atoms with Gasteiger partial charge in [-0.05, 0) is 24.3 Å². The van der Waals surface area contributed by atoms with Crippen molar-refractivity contribution in [3.05, 3.63) is 52.0 Å². The number of carbonyl (C=O) groups is 1. The number of para-hydroxylation sites is 1. The summed E-state index contributed by atoms with van der Waals surface area (Å²) in [6, 6.07) is 9.62. The first-order valence-corrected chi connectivity index (χ1v) is 10.7. The van der Waals surface area contributed by atoms with Gasteiger partial charge in [-0.3, -0.25) is 4.79 Å². The Balaban J connectivity index is 1.50. The number of halogens is 2. The van der Waals surface area contributed by atoms with Crippen LogP contribution in [0.15, 0.2) is 41.3 Å². The first-order chi connectivity index (χ1) is 13.4. The van der Waals surface area contributed by atoms with E-state index in [2.05, 4.69) is 0 Å². The summed E-state index contributed by atoms with van der Waals surface area (Å²) in [5.41, 5.74) is 0.407. The number of sulfonamides is 1. The summed E-state index contributed by atoms with van der Waals surface area (Å²) >= 11 is 12.0. The van der Waals surface area contributed by atoms with Crippen LogP contribution in [0.4, 0.5) is 0 Å². The SMILES string of the molecule is O=C(c1cccc2c1OCO2)N1CCN(S(=O)(=O)c2cccc(Cl)c2Cl)CC1. The van der Waals surface area contributed by atoms with Crippen LogP contribution < -0.4 is 9.47 Å². The van der Waals surface area contributed by atoms with Crippen molar-refractivity contribution < 1.29 is 22.7 Å². The average molecular weight is 443 g/mol. The van der Waals surface area contributed by atoms with Gasteiger partial charge < -0.3 is 14.4 Å². The fourth-order valence-electron chi connectivity index (χ4n) is 3.22. The van der Waals surface area contributed by atoms with Crippen molar-refractivity contribution in [3.63, 3.8) is 0 Å². The number of amides is 1. The molecule has 0 unspecified atom stereocenters. The van der Waals surface area contributed by atoms with Gasteiger partial charge in [-0.15, -0.1) is 0 Å². The molecule has 2 aliphatic heterocycles. The highest BCUT2D eigenvalue weighted by atomic mass is 35.5. The molecule has 4 rings (SSSR count). The van der Waals surface area contributed by atoms with Gasteiger partial charge in [0.25, 0.3) is 5.91 Å². The molecular formula is C18H16Cl2N2O5S. The van der Waals surface area contributed by atoms with Gasteiger partial charge in [0, 0.05) is 26.2 Å². The Kier molecular flexibility index (Phi) is 5.13. The van der Waals surface area contributed by atoms with Crippen LogP contribution in [-0.4, -0.2) is 56.5 Å². The van der Waals surface area contributed by atoms with Gasteiger partial charge in [0.15, 0.2) is 11.5 Å². The van der Waals surface area contributed by atoms with E-state index < -0.39 is 10.0 Å². The molecule has 28 heavy (non-hydrogen) atoms. The molecule has 2 aliphatic rings. The number of nitrogens with zero attached hydrogens (tertiary/aromatic N) is 2. The first-order valence-electron chi connectivity index (χ1n) is 8.51. The Labute approximate surface area is 172 Å². The van der Waals surface area contributed by atoms with E-state index >= 15 is 0 Å². The minimum atomic E-state index is -3.80. The van der Waals surface area contributed by atoms with Gasteiger partial charge >= 0.3 is 0 Å². The third-order valence-electron chi connectivity index (χ3n) is 4.69. The molecule has 0 atom stereocenters. The monoisotopic (exact) mass is 442 g/mol. The normalized spacial score (nSPS) is 17.0. The fraction of sp³-hybridized carbons (Fsp3) is 0.278. The molecule has 1 saturated heterocycles. The Morgan fingerprint density at radius 3 is 2.43 bits per heavy atom. The molecule has 0 saturated carbocycles. The molecule has 0 bridgehead atoms. The van der Waals surface area contributed by atoms with Crippen molar-refractivity contribution in [1.29, 1.82) is 0 Å². The maximum absolute atomic E-state index is 12.9. The number of rotatable bonds is 3. The van der Waals surface area contributed by atoms with Crippen molar-refractivity contribution in [3.8, 4) is 11.5 Å². The summed E-state index contributed by atoms with van der Waals surface area (Å²) in [6.07, 6.45) is 0. The maximum atomic E-state index is 12.9. The molecule has 0 aromatic heterocycles. The highest BCUT2D eigenvalue weighted by Crippen LogP contribution is 2.36. The van der Waals surface area contributed by atoms with E-state index in [-0.39, 0.29) is 53.8 Å². The van der Waals surface area contributed by atoms with Crippen molar-refractivity contribution in [2.45, 2.75) is 4.90 Å². The lowest BCUT2D eigenvalue weighted by Gasteiger charge is -2.34. The summed E-state index contributed by atoms with van der Waals surface area (Å²) in [6.45, 7) is 0.889. The van der Waals surface area contributed by atoms with E-state index in [1.807, 2.05) is 0 Å². The van der Waals surface area contributed by atoms with E-state index in [4.69, 9.17) is 32.7 Å². The van der Waals surface area contributed by atoms with Crippen LogP contribution >= 0.6 is 23.2 Å². The zero-order valence-corrected chi connectivity index (χ0v) is 16.9. The van der Waals surface area contributed by atoms with E-state index in [0.717, 1.165) is 0 Å². The molecule has 2 aromatic rings. The fourth-order valence-corrected chi connectivity index (χ4v) is 5.38. The molecule has 2 heterocycles. The molecule has 0 aliphatic carbocycles. The minimum absolute atomic E-state index is 0.000306. The molecule has 0 spiro atoms. The van der Waals surface area contributed by atoms with Crippen molar-refractivity contribution in [2.75, 3.05) is 33.0 Å². The lowest BCUT2D eigenvalue weighted by Crippen LogP contribution is -2.50. The van der Waals surface area contributed by atoms with Crippen LogP contribution in [0.3, 0.4) is 0 Å². The van der Waals surface area contributed by atoms with Crippen LogP contribution in [0.25, 0.3) is 0 Å². The second-order valence-electron chi connectivity index (χ2n) is 6.29. The largest absolute Gasteiger partial charge is 0.454 e. The highest BCUT2D eigenvalue weighted by Gasteiger charge is 2.33. The summed E-state index contributed by atoms with van der Waals surface area (Å²) in [5.74, 6) is 0.733. The Hall–Kier alpha value is -2.00. The van der Waals surface area contributed by atoms with Crippen LogP contribution in [-0.2, 0) is 10.0 Å². The Morgan fingerprint density at radius 1 is 0.964 bits per heavy atom. The van der Waals surface area contributed by atoms with E-state index in [1.54, 1.807) is 29.2 Å². The second-order valence-corrected chi connectivity index (χ2v) is 8.98. The summed E-state index contributed by atoms with van der Waals surface area (Å²) < 4.78 is 37.8. The molecule has 1 fully saturated rings. The third-order valence-corrected chi connectivity index (χ3v) is 7.56. The number of carbonyl (C=O) groups excluding carboxylic acids is 1. The average Bonchev–Trinajstić information content (AvgIpc) is 3.18. The molecule has 2 aromatic carbocycles. The highest BCUT2D eigenvalue weighted by molar-refractivity contribution is 7.89. The predicted molar refractivity (Wildman–Crippen MR) is 104 cm³/mol. The van der Waals surface area contributed by atoms with Gasteiger partial charge in [0.1, 0.15) is 4.90 Å². The summed E-state index contributed by atoms with van der Waals surface area (Å²) in [5, 5.41) is 0.177. The zero-order chi connectivity index (χ0) is 19.9. The van der Waals surface area contributed by atoms with E-state index in [9.17, 15) is 13.2 Å². The molecular weight excluding hydrogens is 427 g/mol. The number of hydrogen-bond acceptors (Lipinski definition) is 5. The van der Waals surface area contributed by atoms with Crippen molar-refractivity contribution >= 4 is 39.1 Å². The standard InChI is InChI=1S/C18H16Cl2N2O5S/c19-13-4-2-6-15(16(13)20)28(24,25)22-9-7-21(8-10-22)18(23)12-3-1-5-14-17(12)27-11-26-14/h1-6H,7-11H2. The quantitative estimate of drug-likeness (QED) is 0.730. The topological polar surface area (TPSA) is 76.2 Å². The van der Waals surface area contributed by atoms with E-state index in [1.165, 1.54) is 16.4 Å². The van der Waals surface area contributed by atoms with E-state index in [0.29, 0.717) is 17.1 Å². The maximum Gasteiger partial charge on any atom is 0.257 e. The molecule has 0 N–H and O–H groups in total.